The maximum atomic E-state index is 10.3. The summed E-state index contributed by atoms with van der Waals surface area (Å²) in [5.41, 5.74) is 0.828. The van der Waals surface area contributed by atoms with Gasteiger partial charge >= 0.3 is 0 Å². The molecule has 4 nitrogen and oxygen atoms in total. The van der Waals surface area contributed by atoms with Crippen LogP contribution in [0, 0.1) is 5.92 Å². The summed E-state index contributed by atoms with van der Waals surface area (Å²) >= 11 is 3.43. The summed E-state index contributed by atoms with van der Waals surface area (Å²) in [7, 11) is 1.66. The molecule has 2 atom stereocenters. The van der Waals surface area contributed by atoms with Crippen molar-refractivity contribution >= 4 is 15.9 Å². The van der Waals surface area contributed by atoms with Gasteiger partial charge in [-0.05, 0) is 46.0 Å². The first-order valence-electron chi connectivity index (χ1n) is 5.89. The second-order valence-corrected chi connectivity index (χ2v) is 5.29. The van der Waals surface area contributed by atoms with E-state index in [2.05, 4.69) is 15.9 Å². The van der Waals surface area contributed by atoms with Crippen LogP contribution in [0.3, 0.4) is 0 Å². The number of hydrogen-bond donors (Lipinski definition) is 1. The molecule has 1 aromatic carbocycles. The second-order valence-electron chi connectivity index (χ2n) is 4.44. The third-order valence-electron chi connectivity index (χ3n) is 3.11. The Labute approximate surface area is 115 Å². The highest BCUT2D eigenvalue weighted by Gasteiger charge is 2.23. The zero-order valence-electron chi connectivity index (χ0n) is 10.5. The summed E-state index contributed by atoms with van der Waals surface area (Å²) in [5, 5.41) is 10.3. The van der Waals surface area contributed by atoms with E-state index in [0.717, 1.165) is 16.5 Å². The van der Waals surface area contributed by atoms with Gasteiger partial charge in [0.05, 0.1) is 10.6 Å². The van der Waals surface area contributed by atoms with Crippen molar-refractivity contribution in [3.05, 3.63) is 22.2 Å². The van der Waals surface area contributed by atoms with E-state index in [4.69, 9.17) is 14.2 Å². The zero-order chi connectivity index (χ0) is 13.1. The van der Waals surface area contributed by atoms with Gasteiger partial charge in [0.15, 0.2) is 11.5 Å². The Morgan fingerprint density at radius 3 is 2.94 bits per heavy atom. The molecular formula is C13H17BrO4. The highest BCUT2D eigenvalue weighted by atomic mass is 79.9. The molecule has 2 rings (SSSR count). The third kappa shape index (κ3) is 2.79. The molecule has 0 fully saturated rings. The number of fused-ring (bicyclic) bond motifs is 1. The summed E-state index contributed by atoms with van der Waals surface area (Å²) < 4.78 is 16.5. The average Bonchev–Trinajstić information content (AvgIpc) is 2.83. The molecule has 0 aromatic heterocycles. The zero-order valence-corrected chi connectivity index (χ0v) is 12.1. The number of aliphatic hydroxyl groups is 1. The molecule has 1 N–H and O–H groups in total. The Morgan fingerprint density at radius 2 is 2.22 bits per heavy atom. The summed E-state index contributed by atoms with van der Waals surface area (Å²) in [4.78, 5) is 0. The number of ether oxygens (including phenoxy) is 3. The minimum absolute atomic E-state index is 0.122. The van der Waals surface area contributed by atoms with Crippen LogP contribution in [-0.4, -0.2) is 25.6 Å². The lowest BCUT2D eigenvalue weighted by Gasteiger charge is -2.19. The quantitative estimate of drug-likeness (QED) is 0.907. The van der Waals surface area contributed by atoms with Crippen LogP contribution in [0.5, 0.6) is 11.5 Å². The van der Waals surface area contributed by atoms with Crippen LogP contribution < -0.4 is 9.47 Å². The first kappa shape index (κ1) is 13.6. The van der Waals surface area contributed by atoms with Crippen molar-refractivity contribution in [3.63, 3.8) is 0 Å². The molecule has 1 heterocycles. The summed E-state index contributed by atoms with van der Waals surface area (Å²) in [6.45, 7) is 2.87. The molecule has 0 aliphatic carbocycles. The lowest BCUT2D eigenvalue weighted by atomic mass is 9.94. The molecule has 0 amide bonds. The Kier molecular flexibility index (Phi) is 4.48. The van der Waals surface area contributed by atoms with Crippen LogP contribution >= 0.6 is 15.9 Å². The van der Waals surface area contributed by atoms with E-state index in [1.807, 2.05) is 19.1 Å². The lowest BCUT2D eigenvalue weighted by Crippen LogP contribution is -2.11. The molecule has 0 radical (unpaired) electrons. The Morgan fingerprint density at radius 1 is 1.44 bits per heavy atom. The fraction of sp³-hybridized carbons (Fsp3) is 0.538. The Bertz CT molecular complexity index is 422. The van der Waals surface area contributed by atoms with Crippen LogP contribution in [0.1, 0.15) is 25.0 Å². The molecule has 1 aliphatic heterocycles. The van der Waals surface area contributed by atoms with E-state index in [1.165, 1.54) is 0 Å². The highest BCUT2D eigenvalue weighted by molar-refractivity contribution is 9.10. The number of methoxy groups -OCH3 is 1. The van der Waals surface area contributed by atoms with Crippen LogP contribution in [0.15, 0.2) is 16.6 Å². The van der Waals surface area contributed by atoms with E-state index in [1.54, 1.807) is 7.11 Å². The van der Waals surface area contributed by atoms with Gasteiger partial charge in [-0.3, -0.25) is 0 Å². The van der Waals surface area contributed by atoms with E-state index >= 15 is 0 Å². The van der Waals surface area contributed by atoms with Gasteiger partial charge in [-0.1, -0.05) is 6.92 Å². The van der Waals surface area contributed by atoms with Gasteiger partial charge in [0.1, 0.15) is 0 Å². The molecular weight excluding hydrogens is 300 g/mol. The number of hydrogen-bond acceptors (Lipinski definition) is 4. The maximum absolute atomic E-state index is 10.3. The van der Waals surface area contributed by atoms with E-state index in [9.17, 15) is 5.11 Å². The molecule has 2 unspecified atom stereocenters. The molecule has 0 spiro atoms. The second kappa shape index (κ2) is 5.91. The lowest BCUT2D eigenvalue weighted by molar-refractivity contribution is 0.0884. The van der Waals surface area contributed by atoms with Crippen molar-refractivity contribution in [2.45, 2.75) is 19.4 Å². The van der Waals surface area contributed by atoms with Gasteiger partial charge in [-0.25, -0.2) is 0 Å². The standard InChI is InChI=1S/C13H17BrO4/c1-8(3-4-16-2)12(15)9-5-10(14)13-11(6-9)17-7-18-13/h5-6,8,12,15H,3-4,7H2,1-2H3. The monoisotopic (exact) mass is 316 g/mol. The van der Waals surface area contributed by atoms with Crippen molar-refractivity contribution < 1.29 is 19.3 Å². The number of halogens is 1. The van der Waals surface area contributed by atoms with Gasteiger partial charge in [0, 0.05) is 13.7 Å². The highest BCUT2D eigenvalue weighted by Crippen LogP contribution is 2.42. The molecule has 1 aromatic rings. The molecule has 100 valence electrons. The Balaban J connectivity index is 2.15. The fourth-order valence-corrected chi connectivity index (χ4v) is 2.52. The number of benzene rings is 1. The fourth-order valence-electron chi connectivity index (χ4n) is 1.95. The average molecular weight is 317 g/mol. The van der Waals surface area contributed by atoms with Crippen LogP contribution in [0.25, 0.3) is 0 Å². The molecule has 1 aliphatic rings. The van der Waals surface area contributed by atoms with Gasteiger partial charge in [0.25, 0.3) is 0 Å². The largest absolute Gasteiger partial charge is 0.454 e. The van der Waals surface area contributed by atoms with Gasteiger partial charge < -0.3 is 19.3 Å². The number of rotatable bonds is 5. The summed E-state index contributed by atoms with van der Waals surface area (Å²) in [6.07, 6.45) is 0.273. The Hall–Kier alpha value is -0.780. The summed E-state index contributed by atoms with van der Waals surface area (Å²) in [5.74, 6) is 1.50. The van der Waals surface area contributed by atoms with Crippen molar-refractivity contribution in [2.75, 3.05) is 20.5 Å². The van der Waals surface area contributed by atoms with Crippen LogP contribution in [0.2, 0.25) is 0 Å². The normalized spacial score (nSPS) is 16.7. The third-order valence-corrected chi connectivity index (χ3v) is 3.70. The van der Waals surface area contributed by atoms with Gasteiger partial charge in [-0.2, -0.15) is 0 Å². The predicted octanol–water partition coefficient (Wildman–Crippen LogP) is 2.88. The molecule has 0 saturated carbocycles. The molecule has 5 heteroatoms. The first-order valence-corrected chi connectivity index (χ1v) is 6.69. The smallest absolute Gasteiger partial charge is 0.231 e. The minimum atomic E-state index is -0.536. The topological polar surface area (TPSA) is 47.9 Å². The van der Waals surface area contributed by atoms with Crippen molar-refractivity contribution in [3.8, 4) is 11.5 Å². The molecule has 18 heavy (non-hydrogen) atoms. The van der Waals surface area contributed by atoms with Crippen molar-refractivity contribution in [1.82, 2.24) is 0 Å². The molecule has 0 bridgehead atoms. The predicted molar refractivity (Wildman–Crippen MR) is 70.9 cm³/mol. The number of aliphatic hydroxyl groups excluding tert-OH is 1. The molecule has 0 saturated heterocycles. The van der Waals surface area contributed by atoms with E-state index < -0.39 is 6.10 Å². The van der Waals surface area contributed by atoms with Crippen molar-refractivity contribution in [2.24, 2.45) is 5.92 Å². The summed E-state index contributed by atoms with van der Waals surface area (Å²) in [6, 6.07) is 3.71. The van der Waals surface area contributed by atoms with Gasteiger partial charge in [0.2, 0.25) is 6.79 Å². The van der Waals surface area contributed by atoms with E-state index in [-0.39, 0.29) is 12.7 Å². The van der Waals surface area contributed by atoms with Gasteiger partial charge in [-0.15, -0.1) is 0 Å². The van der Waals surface area contributed by atoms with Crippen LogP contribution in [0.4, 0.5) is 0 Å². The minimum Gasteiger partial charge on any atom is -0.454 e. The maximum Gasteiger partial charge on any atom is 0.231 e. The first-order chi connectivity index (χ1) is 8.63. The van der Waals surface area contributed by atoms with E-state index in [0.29, 0.717) is 18.1 Å². The SMILES string of the molecule is COCCC(C)C(O)c1cc(Br)c2c(c1)OCO2. The van der Waals surface area contributed by atoms with Crippen molar-refractivity contribution in [1.29, 1.82) is 0 Å². The van der Waals surface area contributed by atoms with Crippen LogP contribution in [-0.2, 0) is 4.74 Å².